The van der Waals surface area contributed by atoms with E-state index in [1.807, 2.05) is 49.4 Å². The summed E-state index contributed by atoms with van der Waals surface area (Å²) >= 11 is 0. The first-order valence-electron chi connectivity index (χ1n) is 8.97. The Morgan fingerprint density at radius 2 is 1.85 bits per heavy atom. The number of hydrogen-bond acceptors (Lipinski definition) is 4. The van der Waals surface area contributed by atoms with Gasteiger partial charge in [-0.2, -0.15) is 0 Å². The topological polar surface area (TPSA) is 47.6 Å². The first-order chi connectivity index (χ1) is 12.7. The zero-order chi connectivity index (χ0) is 18.5. The SMILES string of the molecule is CC[C@H](C(=O)/C=C1\NCCc2cc(OC)c(OC)cc21)c1ccccc1. The molecule has 0 radical (unpaired) electrons. The Labute approximate surface area is 154 Å². The molecule has 4 heteroatoms. The molecule has 0 saturated heterocycles. The molecule has 136 valence electrons. The van der Waals surface area contributed by atoms with Crippen LogP contribution >= 0.6 is 0 Å². The highest BCUT2D eigenvalue weighted by molar-refractivity contribution is 6.01. The van der Waals surface area contributed by atoms with Crippen LogP contribution in [0.1, 0.15) is 36.0 Å². The largest absolute Gasteiger partial charge is 0.493 e. The molecule has 0 spiro atoms. The van der Waals surface area contributed by atoms with Gasteiger partial charge in [-0.3, -0.25) is 4.79 Å². The molecule has 0 amide bonds. The highest BCUT2D eigenvalue weighted by atomic mass is 16.5. The molecule has 4 nitrogen and oxygen atoms in total. The van der Waals surface area contributed by atoms with Crippen LogP contribution in [0.25, 0.3) is 5.70 Å². The minimum atomic E-state index is -0.129. The maximum Gasteiger partial charge on any atom is 0.165 e. The second-order valence-electron chi connectivity index (χ2n) is 6.37. The molecule has 1 N–H and O–H groups in total. The summed E-state index contributed by atoms with van der Waals surface area (Å²) in [4.78, 5) is 13.0. The van der Waals surface area contributed by atoms with Crippen LogP contribution in [0.5, 0.6) is 11.5 Å². The molecular weight excluding hydrogens is 326 g/mol. The van der Waals surface area contributed by atoms with Gasteiger partial charge in [0.05, 0.1) is 14.2 Å². The number of nitrogens with one attached hydrogen (secondary N) is 1. The van der Waals surface area contributed by atoms with Gasteiger partial charge in [-0.15, -0.1) is 0 Å². The van der Waals surface area contributed by atoms with Crippen molar-refractivity contribution in [3.8, 4) is 11.5 Å². The van der Waals surface area contributed by atoms with Crippen LogP contribution in [-0.2, 0) is 11.2 Å². The molecule has 1 aliphatic rings. The van der Waals surface area contributed by atoms with E-state index in [0.29, 0.717) is 5.75 Å². The third-order valence-corrected chi connectivity index (χ3v) is 4.85. The van der Waals surface area contributed by atoms with Gasteiger partial charge >= 0.3 is 0 Å². The summed E-state index contributed by atoms with van der Waals surface area (Å²) in [5, 5.41) is 3.37. The summed E-state index contributed by atoms with van der Waals surface area (Å²) < 4.78 is 10.8. The number of rotatable bonds is 6. The number of ketones is 1. The third kappa shape index (κ3) is 3.59. The molecule has 1 aliphatic heterocycles. The number of benzene rings is 2. The highest BCUT2D eigenvalue weighted by Crippen LogP contribution is 2.35. The molecule has 0 aromatic heterocycles. The smallest absolute Gasteiger partial charge is 0.165 e. The first kappa shape index (κ1) is 18.1. The van der Waals surface area contributed by atoms with E-state index in [1.54, 1.807) is 20.3 Å². The molecule has 26 heavy (non-hydrogen) atoms. The molecule has 0 unspecified atom stereocenters. The minimum Gasteiger partial charge on any atom is -0.493 e. The fraction of sp³-hybridized carbons (Fsp3) is 0.318. The molecule has 0 fully saturated rings. The lowest BCUT2D eigenvalue weighted by Gasteiger charge is -2.23. The van der Waals surface area contributed by atoms with E-state index in [1.165, 1.54) is 0 Å². The van der Waals surface area contributed by atoms with Crippen molar-refractivity contribution in [1.82, 2.24) is 5.32 Å². The van der Waals surface area contributed by atoms with Gasteiger partial charge in [0.2, 0.25) is 0 Å². The monoisotopic (exact) mass is 351 g/mol. The second kappa shape index (κ2) is 8.09. The van der Waals surface area contributed by atoms with E-state index < -0.39 is 0 Å². The van der Waals surface area contributed by atoms with Crippen molar-refractivity contribution in [1.29, 1.82) is 0 Å². The first-order valence-corrected chi connectivity index (χ1v) is 8.97. The van der Waals surface area contributed by atoms with Gasteiger partial charge in [0.25, 0.3) is 0 Å². The average Bonchev–Trinajstić information content (AvgIpc) is 2.68. The Hall–Kier alpha value is -2.75. The zero-order valence-electron chi connectivity index (χ0n) is 15.5. The van der Waals surface area contributed by atoms with Crippen LogP contribution in [0.3, 0.4) is 0 Å². The summed E-state index contributed by atoms with van der Waals surface area (Å²) in [6, 6.07) is 13.9. The lowest BCUT2D eigenvalue weighted by atomic mass is 9.90. The van der Waals surface area contributed by atoms with Crippen molar-refractivity contribution in [3.63, 3.8) is 0 Å². The predicted octanol–water partition coefficient (Wildman–Crippen LogP) is 3.95. The predicted molar refractivity (Wildman–Crippen MR) is 104 cm³/mol. The van der Waals surface area contributed by atoms with Crippen molar-refractivity contribution in [2.75, 3.05) is 20.8 Å². The number of methoxy groups -OCH3 is 2. The second-order valence-corrected chi connectivity index (χ2v) is 6.37. The van der Waals surface area contributed by atoms with Gasteiger partial charge in [0, 0.05) is 29.8 Å². The van der Waals surface area contributed by atoms with Gasteiger partial charge in [-0.1, -0.05) is 37.3 Å². The standard InChI is InChI=1S/C22H25NO3/c1-4-17(15-8-6-5-7-9-15)20(24)14-19-18-13-22(26-3)21(25-2)12-16(18)10-11-23-19/h5-9,12-14,17,23H,4,10-11H2,1-3H3/b19-14-/t17-/m0/s1. The van der Waals surface area contributed by atoms with Crippen molar-refractivity contribution in [3.05, 3.63) is 65.2 Å². The van der Waals surface area contributed by atoms with Crippen LogP contribution in [0.4, 0.5) is 0 Å². The molecule has 0 bridgehead atoms. The van der Waals surface area contributed by atoms with Gasteiger partial charge in [0.1, 0.15) is 0 Å². The molecule has 2 aromatic rings. The van der Waals surface area contributed by atoms with Crippen molar-refractivity contribution >= 4 is 11.5 Å². The van der Waals surface area contributed by atoms with E-state index in [-0.39, 0.29) is 11.7 Å². The molecule has 0 saturated carbocycles. The van der Waals surface area contributed by atoms with Crippen LogP contribution in [0, 0.1) is 0 Å². The molecule has 0 aliphatic carbocycles. The Balaban J connectivity index is 1.96. The maximum atomic E-state index is 13.0. The molecule has 1 heterocycles. The van der Waals surface area contributed by atoms with Crippen molar-refractivity contribution in [2.24, 2.45) is 0 Å². The van der Waals surface area contributed by atoms with Gasteiger partial charge < -0.3 is 14.8 Å². The van der Waals surface area contributed by atoms with E-state index in [0.717, 1.165) is 47.5 Å². The molecule has 3 rings (SSSR count). The van der Waals surface area contributed by atoms with Crippen molar-refractivity contribution in [2.45, 2.75) is 25.7 Å². The van der Waals surface area contributed by atoms with E-state index in [4.69, 9.17) is 9.47 Å². The number of carbonyl (C=O) groups excluding carboxylic acids is 1. The van der Waals surface area contributed by atoms with E-state index in [2.05, 4.69) is 5.32 Å². The number of ether oxygens (including phenoxy) is 2. The number of carbonyl (C=O) groups is 1. The van der Waals surface area contributed by atoms with Crippen LogP contribution < -0.4 is 14.8 Å². The summed E-state index contributed by atoms with van der Waals surface area (Å²) in [7, 11) is 3.26. The van der Waals surface area contributed by atoms with Gasteiger partial charge in [-0.25, -0.2) is 0 Å². The van der Waals surface area contributed by atoms with E-state index in [9.17, 15) is 4.79 Å². The van der Waals surface area contributed by atoms with Gasteiger partial charge in [-0.05, 0) is 36.1 Å². The molecule has 1 atom stereocenters. The van der Waals surface area contributed by atoms with Crippen LogP contribution in [0.2, 0.25) is 0 Å². The molecule has 2 aromatic carbocycles. The number of allylic oxidation sites excluding steroid dienone is 1. The number of hydrogen-bond donors (Lipinski definition) is 1. The van der Waals surface area contributed by atoms with Crippen molar-refractivity contribution < 1.29 is 14.3 Å². The maximum absolute atomic E-state index is 13.0. The normalized spacial score (nSPS) is 15.7. The minimum absolute atomic E-state index is 0.115. The Morgan fingerprint density at radius 1 is 1.15 bits per heavy atom. The summed E-state index contributed by atoms with van der Waals surface area (Å²) in [5.74, 6) is 1.37. The zero-order valence-corrected chi connectivity index (χ0v) is 15.5. The highest BCUT2D eigenvalue weighted by Gasteiger charge is 2.22. The summed E-state index contributed by atoms with van der Waals surface area (Å²) in [6.45, 7) is 2.84. The summed E-state index contributed by atoms with van der Waals surface area (Å²) in [6.07, 6.45) is 3.40. The quantitative estimate of drug-likeness (QED) is 0.801. The molecular formula is C22H25NO3. The lowest BCUT2D eigenvalue weighted by Crippen LogP contribution is -2.24. The Kier molecular flexibility index (Phi) is 5.61. The fourth-order valence-corrected chi connectivity index (χ4v) is 3.46. The fourth-order valence-electron chi connectivity index (χ4n) is 3.46. The number of fused-ring (bicyclic) bond motifs is 1. The Bertz CT molecular complexity index is 812. The van der Waals surface area contributed by atoms with Crippen LogP contribution in [-0.4, -0.2) is 26.5 Å². The average molecular weight is 351 g/mol. The lowest BCUT2D eigenvalue weighted by molar-refractivity contribution is -0.116. The van der Waals surface area contributed by atoms with Crippen LogP contribution in [0.15, 0.2) is 48.5 Å². The Morgan fingerprint density at radius 3 is 2.50 bits per heavy atom. The van der Waals surface area contributed by atoms with E-state index >= 15 is 0 Å². The summed E-state index contributed by atoms with van der Waals surface area (Å²) in [5.41, 5.74) is 4.07. The third-order valence-electron chi connectivity index (χ3n) is 4.85. The van der Waals surface area contributed by atoms with Gasteiger partial charge in [0.15, 0.2) is 17.3 Å².